The normalized spacial score (nSPS) is 48.0. The van der Waals surface area contributed by atoms with Gasteiger partial charge in [-0.05, 0) is 56.8 Å². The van der Waals surface area contributed by atoms with Crippen LogP contribution < -0.4 is 0 Å². The van der Waals surface area contributed by atoms with Crippen LogP contribution in [-0.4, -0.2) is 36.0 Å². The van der Waals surface area contributed by atoms with Crippen LogP contribution in [0.15, 0.2) is 0 Å². The average Bonchev–Trinajstić information content (AvgIpc) is 3.23. The molecular formula is C14H22O4. The van der Waals surface area contributed by atoms with Crippen LogP contribution in [0.2, 0.25) is 0 Å². The zero-order chi connectivity index (χ0) is 12.5. The van der Waals surface area contributed by atoms with Gasteiger partial charge >= 0.3 is 0 Å². The highest BCUT2D eigenvalue weighted by molar-refractivity contribution is 5.32. The van der Waals surface area contributed by atoms with Crippen LogP contribution in [0.4, 0.5) is 0 Å². The Hall–Kier alpha value is -0.610. The largest absolute Gasteiger partial charge is 0.483 e. The van der Waals surface area contributed by atoms with Gasteiger partial charge in [0.05, 0.1) is 24.4 Å². The van der Waals surface area contributed by atoms with E-state index in [2.05, 4.69) is 0 Å². The molecule has 4 nitrogen and oxygen atoms in total. The third-order valence-corrected chi connectivity index (χ3v) is 4.89. The van der Waals surface area contributed by atoms with Gasteiger partial charge in [-0.15, -0.1) is 0 Å². The number of rotatable bonds is 2. The monoisotopic (exact) mass is 254 g/mol. The van der Waals surface area contributed by atoms with Crippen LogP contribution >= 0.6 is 0 Å². The first kappa shape index (κ1) is 12.4. The van der Waals surface area contributed by atoms with E-state index < -0.39 is 0 Å². The van der Waals surface area contributed by atoms with Gasteiger partial charge in [0, 0.05) is 0 Å². The summed E-state index contributed by atoms with van der Waals surface area (Å²) in [7, 11) is 0. The van der Waals surface area contributed by atoms with Crippen molar-refractivity contribution in [1.29, 1.82) is 0 Å². The lowest BCUT2D eigenvalue weighted by atomic mass is 9.78. The van der Waals surface area contributed by atoms with Crippen LogP contribution in [0, 0.1) is 11.8 Å². The van der Waals surface area contributed by atoms with E-state index in [1.54, 1.807) is 0 Å². The van der Waals surface area contributed by atoms with Crippen molar-refractivity contribution in [3.05, 3.63) is 0 Å². The van der Waals surface area contributed by atoms with Gasteiger partial charge in [-0.25, -0.2) is 0 Å². The van der Waals surface area contributed by atoms with Gasteiger partial charge in [-0.2, -0.15) is 0 Å². The van der Waals surface area contributed by atoms with Crippen LogP contribution in [0.25, 0.3) is 0 Å². The summed E-state index contributed by atoms with van der Waals surface area (Å²) in [6.45, 7) is -0.250. The number of epoxide rings is 2. The highest BCUT2D eigenvalue weighted by Crippen LogP contribution is 2.46. The molecule has 4 fully saturated rings. The number of carbonyl (C=O) groups is 1. The van der Waals surface area contributed by atoms with Crippen molar-refractivity contribution in [2.75, 3.05) is 0 Å². The number of hydrogen-bond donors (Lipinski definition) is 1. The quantitative estimate of drug-likeness (QED) is 0.606. The van der Waals surface area contributed by atoms with Gasteiger partial charge in [0.2, 0.25) is 0 Å². The van der Waals surface area contributed by atoms with Crippen molar-refractivity contribution in [2.45, 2.75) is 69.4 Å². The number of ether oxygens (including phenoxy) is 2. The minimum absolute atomic E-state index is 0.250. The van der Waals surface area contributed by atoms with Gasteiger partial charge in [-0.3, -0.25) is 4.79 Å². The fourth-order valence-corrected chi connectivity index (χ4v) is 3.87. The summed E-state index contributed by atoms with van der Waals surface area (Å²) in [5.41, 5.74) is 0. The molecule has 2 saturated carbocycles. The lowest BCUT2D eigenvalue weighted by Crippen LogP contribution is -2.20. The van der Waals surface area contributed by atoms with Crippen LogP contribution in [0.3, 0.4) is 0 Å². The second kappa shape index (κ2) is 5.17. The molecule has 6 atom stereocenters. The summed E-state index contributed by atoms with van der Waals surface area (Å²) in [5.74, 6) is 1.93. The van der Waals surface area contributed by atoms with E-state index in [-0.39, 0.29) is 6.47 Å². The Kier molecular flexibility index (Phi) is 3.57. The van der Waals surface area contributed by atoms with Gasteiger partial charge < -0.3 is 14.6 Å². The summed E-state index contributed by atoms with van der Waals surface area (Å²) in [6, 6.07) is 0. The summed E-state index contributed by atoms with van der Waals surface area (Å²) in [4.78, 5) is 8.36. The Morgan fingerprint density at radius 3 is 1.72 bits per heavy atom. The Labute approximate surface area is 108 Å². The average molecular weight is 254 g/mol. The molecule has 18 heavy (non-hydrogen) atoms. The molecule has 4 rings (SSSR count). The molecule has 1 N–H and O–H groups in total. The van der Waals surface area contributed by atoms with Crippen LogP contribution in [0.1, 0.15) is 44.9 Å². The molecule has 4 aliphatic rings. The summed E-state index contributed by atoms with van der Waals surface area (Å²) >= 11 is 0. The summed E-state index contributed by atoms with van der Waals surface area (Å²) < 4.78 is 11.2. The molecule has 102 valence electrons. The third kappa shape index (κ3) is 2.86. The third-order valence-electron chi connectivity index (χ3n) is 4.89. The van der Waals surface area contributed by atoms with E-state index in [1.165, 1.54) is 44.9 Å². The van der Waals surface area contributed by atoms with Gasteiger partial charge in [0.1, 0.15) is 0 Å². The summed E-state index contributed by atoms with van der Waals surface area (Å²) in [5, 5.41) is 6.89. The van der Waals surface area contributed by atoms with E-state index in [9.17, 15) is 0 Å². The molecule has 2 aliphatic carbocycles. The number of hydrogen-bond acceptors (Lipinski definition) is 3. The molecule has 0 aromatic rings. The maximum Gasteiger partial charge on any atom is 0.290 e. The zero-order valence-electron chi connectivity index (χ0n) is 10.7. The first-order valence-electron chi connectivity index (χ1n) is 7.19. The fraction of sp³-hybridized carbons (Fsp3) is 0.929. The summed E-state index contributed by atoms with van der Waals surface area (Å²) in [6.07, 6.45) is 12.4. The van der Waals surface area contributed by atoms with Crippen molar-refractivity contribution in [1.82, 2.24) is 0 Å². The Balaban J connectivity index is 0.000000307. The standard InChI is InChI=1S/C13H20O2.CH2O2/c1-3-10-12(14-10)6-8(1)5-9-2-4-11-13(7-9)15-11;2-1-3/h8-13H,1-7H2;1H,(H,2,3). The van der Waals surface area contributed by atoms with E-state index >= 15 is 0 Å². The van der Waals surface area contributed by atoms with Crippen molar-refractivity contribution in [2.24, 2.45) is 11.8 Å². The molecule has 0 spiro atoms. The Morgan fingerprint density at radius 1 is 0.889 bits per heavy atom. The number of carboxylic acid groups (broad SMARTS) is 1. The second-order valence-corrected chi connectivity index (χ2v) is 6.13. The van der Waals surface area contributed by atoms with Crippen molar-refractivity contribution < 1.29 is 19.4 Å². The molecule has 0 aromatic carbocycles. The molecule has 2 aliphatic heterocycles. The molecule has 6 unspecified atom stereocenters. The lowest BCUT2D eigenvalue weighted by Gasteiger charge is -2.26. The smallest absolute Gasteiger partial charge is 0.290 e. The maximum atomic E-state index is 8.36. The Bertz CT molecular complexity index is 280. The molecule has 2 saturated heterocycles. The minimum Gasteiger partial charge on any atom is -0.483 e. The molecule has 0 amide bonds. The first-order chi connectivity index (χ1) is 8.80. The Morgan fingerprint density at radius 2 is 1.33 bits per heavy atom. The van der Waals surface area contributed by atoms with Crippen molar-refractivity contribution >= 4 is 6.47 Å². The first-order valence-corrected chi connectivity index (χ1v) is 7.19. The highest BCUT2D eigenvalue weighted by atomic mass is 16.6. The van der Waals surface area contributed by atoms with Crippen molar-refractivity contribution in [3.8, 4) is 0 Å². The van der Waals surface area contributed by atoms with Crippen LogP contribution in [0.5, 0.6) is 0 Å². The predicted octanol–water partition coefficient (Wildman–Crippen LogP) is 2.21. The van der Waals surface area contributed by atoms with Gasteiger partial charge in [0.25, 0.3) is 6.47 Å². The molecule has 4 heteroatoms. The fourth-order valence-electron chi connectivity index (χ4n) is 3.87. The van der Waals surface area contributed by atoms with E-state index in [4.69, 9.17) is 19.4 Å². The molecule has 2 heterocycles. The maximum absolute atomic E-state index is 8.36. The minimum atomic E-state index is -0.250. The van der Waals surface area contributed by atoms with E-state index in [1.807, 2.05) is 0 Å². The van der Waals surface area contributed by atoms with Crippen LogP contribution in [-0.2, 0) is 14.3 Å². The van der Waals surface area contributed by atoms with E-state index in [0.29, 0.717) is 24.4 Å². The number of fused-ring (bicyclic) bond motifs is 2. The van der Waals surface area contributed by atoms with E-state index in [0.717, 1.165) is 11.8 Å². The second-order valence-electron chi connectivity index (χ2n) is 6.13. The molecular weight excluding hydrogens is 232 g/mol. The lowest BCUT2D eigenvalue weighted by molar-refractivity contribution is -0.122. The zero-order valence-corrected chi connectivity index (χ0v) is 10.7. The predicted molar refractivity (Wildman–Crippen MR) is 65.3 cm³/mol. The highest BCUT2D eigenvalue weighted by Gasteiger charge is 2.47. The topological polar surface area (TPSA) is 62.4 Å². The SMILES string of the molecule is C1CC2OC2CC1CC1CCC2OC2C1.O=CO. The molecule has 0 aromatic heterocycles. The molecule has 0 radical (unpaired) electrons. The van der Waals surface area contributed by atoms with Crippen molar-refractivity contribution in [3.63, 3.8) is 0 Å². The van der Waals surface area contributed by atoms with Gasteiger partial charge in [0.15, 0.2) is 0 Å². The molecule has 0 bridgehead atoms. The van der Waals surface area contributed by atoms with Gasteiger partial charge in [-0.1, -0.05) is 0 Å².